The zero-order chi connectivity index (χ0) is 20.4. The average Bonchev–Trinajstić information content (AvgIpc) is 3.35. The third-order valence-electron chi connectivity index (χ3n) is 7.04. The minimum atomic E-state index is -3.13. The van der Waals surface area contributed by atoms with Crippen LogP contribution in [0.25, 0.3) is 0 Å². The summed E-state index contributed by atoms with van der Waals surface area (Å²) in [5, 5.41) is 3.48. The van der Waals surface area contributed by atoms with Gasteiger partial charge >= 0.3 is 0 Å². The molecule has 168 valence electrons. The molecule has 0 aromatic heterocycles. The van der Waals surface area contributed by atoms with Crippen LogP contribution in [0.1, 0.15) is 31.2 Å². The van der Waals surface area contributed by atoms with Gasteiger partial charge in [0.15, 0.2) is 15.8 Å². The molecular weight excluding hydrogens is 511 g/mol. The first-order chi connectivity index (χ1) is 13.9. The number of piperazine rings is 1. The quantitative estimate of drug-likeness (QED) is 0.350. The number of fused-ring (bicyclic) bond motifs is 2. The monoisotopic (exact) mass is 546 g/mol. The van der Waals surface area contributed by atoms with Crippen molar-refractivity contribution >= 4 is 39.8 Å². The lowest BCUT2D eigenvalue weighted by atomic mass is 9.93. The van der Waals surface area contributed by atoms with E-state index in [0.717, 1.165) is 68.5 Å². The molecule has 1 aliphatic heterocycles. The molecule has 1 saturated heterocycles. The number of rotatable bonds is 5. The first-order valence-corrected chi connectivity index (χ1v) is 12.8. The molecule has 0 spiro atoms. The molecule has 6 nitrogen and oxygen atoms in total. The van der Waals surface area contributed by atoms with Crippen LogP contribution < -0.4 is 5.32 Å². The van der Waals surface area contributed by atoms with E-state index in [1.165, 1.54) is 31.9 Å². The van der Waals surface area contributed by atoms with Crippen LogP contribution in [0.5, 0.6) is 0 Å². The Morgan fingerprint density at radius 3 is 2.33 bits per heavy atom. The third-order valence-corrected chi connectivity index (χ3v) is 8.17. The molecule has 1 N–H and O–H groups in total. The number of benzene rings is 1. The van der Waals surface area contributed by atoms with Crippen molar-refractivity contribution in [3.05, 3.63) is 29.8 Å². The van der Waals surface area contributed by atoms with E-state index in [1.807, 2.05) is 19.2 Å². The van der Waals surface area contributed by atoms with Gasteiger partial charge in [-0.2, -0.15) is 0 Å². The summed E-state index contributed by atoms with van der Waals surface area (Å²) in [6.45, 7) is 5.15. The number of guanidine groups is 1. The van der Waals surface area contributed by atoms with Gasteiger partial charge in [0.25, 0.3) is 0 Å². The van der Waals surface area contributed by atoms with Crippen LogP contribution in [0.2, 0.25) is 0 Å². The van der Waals surface area contributed by atoms with Gasteiger partial charge in [-0.3, -0.25) is 9.89 Å². The molecule has 3 fully saturated rings. The minimum Gasteiger partial charge on any atom is -0.356 e. The summed E-state index contributed by atoms with van der Waals surface area (Å²) >= 11 is 0. The maximum absolute atomic E-state index is 11.6. The number of nitrogens with zero attached hydrogens (tertiary/aromatic N) is 3. The van der Waals surface area contributed by atoms with Crippen LogP contribution in [0.4, 0.5) is 0 Å². The lowest BCUT2D eigenvalue weighted by molar-refractivity contribution is 0.0959. The molecule has 0 amide bonds. The number of hydrogen-bond donors (Lipinski definition) is 1. The summed E-state index contributed by atoms with van der Waals surface area (Å²) in [6, 6.07) is 8.01. The third kappa shape index (κ3) is 5.48. The van der Waals surface area contributed by atoms with Crippen LogP contribution in [0.3, 0.4) is 0 Å². The number of hydrogen-bond acceptors (Lipinski definition) is 4. The molecule has 0 radical (unpaired) electrons. The van der Waals surface area contributed by atoms with Crippen molar-refractivity contribution in [1.82, 2.24) is 15.1 Å². The summed E-state index contributed by atoms with van der Waals surface area (Å²) < 4.78 is 23.1. The summed E-state index contributed by atoms with van der Waals surface area (Å²) in [5.74, 6) is 2.94. The molecule has 4 rings (SSSR count). The number of sulfone groups is 1. The Bertz CT molecular complexity index is 835. The number of halogens is 1. The van der Waals surface area contributed by atoms with Gasteiger partial charge < -0.3 is 10.2 Å². The molecule has 8 heteroatoms. The van der Waals surface area contributed by atoms with Gasteiger partial charge in [-0.25, -0.2) is 8.42 Å². The normalized spacial score (nSPS) is 27.2. The van der Waals surface area contributed by atoms with Crippen LogP contribution in [0, 0.1) is 11.8 Å². The van der Waals surface area contributed by atoms with E-state index < -0.39 is 9.84 Å². The molecule has 2 aliphatic carbocycles. The first-order valence-electron chi connectivity index (χ1n) is 10.9. The summed E-state index contributed by atoms with van der Waals surface area (Å²) in [6.07, 6.45) is 7.90. The van der Waals surface area contributed by atoms with Gasteiger partial charge in [0.1, 0.15) is 0 Å². The summed E-state index contributed by atoms with van der Waals surface area (Å²) in [7, 11) is -1.28. The van der Waals surface area contributed by atoms with Crippen LogP contribution >= 0.6 is 24.0 Å². The van der Waals surface area contributed by atoms with Gasteiger partial charge in [-0.05, 0) is 55.2 Å². The molecule has 1 heterocycles. The number of aliphatic imine (C=N–C) groups is 1. The predicted octanol–water partition coefficient (Wildman–Crippen LogP) is 2.63. The van der Waals surface area contributed by atoms with Crippen molar-refractivity contribution in [2.75, 3.05) is 46.0 Å². The second kappa shape index (κ2) is 10.2. The van der Waals surface area contributed by atoms with Crippen molar-refractivity contribution in [1.29, 1.82) is 0 Å². The summed E-state index contributed by atoms with van der Waals surface area (Å²) in [4.78, 5) is 9.96. The van der Waals surface area contributed by atoms with Gasteiger partial charge in [-0.15, -0.1) is 24.0 Å². The fraction of sp³-hybridized carbons (Fsp3) is 0.682. The van der Waals surface area contributed by atoms with Crippen molar-refractivity contribution < 1.29 is 8.42 Å². The molecule has 30 heavy (non-hydrogen) atoms. The Hall–Kier alpha value is -0.870. The van der Waals surface area contributed by atoms with E-state index in [1.54, 1.807) is 12.1 Å². The second-order valence-corrected chi connectivity index (χ2v) is 10.9. The Balaban J connectivity index is 0.00000256. The maximum Gasteiger partial charge on any atom is 0.193 e. The molecule has 1 aromatic carbocycles. The average molecular weight is 547 g/mol. The lowest BCUT2D eigenvalue weighted by Gasteiger charge is -2.42. The van der Waals surface area contributed by atoms with E-state index >= 15 is 0 Å². The maximum atomic E-state index is 11.6. The molecule has 1 aromatic rings. The SMILES string of the molecule is CN=C(NCCc1ccc(S(C)(=O)=O)cc1)N1CCN(C2CC3CCC2C3)CC1.I. The van der Waals surface area contributed by atoms with Crippen molar-refractivity contribution in [3.8, 4) is 0 Å². The van der Waals surface area contributed by atoms with Crippen molar-refractivity contribution in [3.63, 3.8) is 0 Å². The van der Waals surface area contributed by atoms with E-state index in [-0.39, 0.29) is 24.0 Å². The molecule has 3 atom stereocenters. The van der Waals surface area contributed by atoms with Crippen molar-refractivity contribution in [2.24, 2.45) is 16.8 Å². The van der Waals surface area contributed by atoms with Gasteiger partial charge in [-0.1, -0.05) is 18.6 Å². The van der Waals surface area contributed by atoms with Gasteiger partial charge in [0.05, 0.1) is 4.90 Å². The minimum absolute atomic E-state index is 0. The highest BCUT2D eigenvalue weighted by Gasteiger charge is 2.42. The Morgan fingerprint density at radius 2 is 1.80 bits per heavy atom. The van der Waals surface area contributed by atoms with E-state index in [2.05, 4.69) is 20.1 Å². The first kappa shape index (κ1) is 23.8. The summed E-state index contributed by atoms with van der Waals surface area (Å²) in [5.41, 5.74) is 1.13. The highest BCUT2D eigenvalue weighted by molar-refractivity contribution is 14.0. The van der Waals surface area contributed by atoms with Crippen LogP contribution in [-0.2, 0) is 16.3 Å². The Kier molecular flexibility index (Phi) is 8.06. The molecule has 3 aliphatic rings. The van der Waals surface area contributed by atoms with Crippen molar-refractivity contribution in [2.45, 2.75) is 43.0 Å². The van der Waals surface area contributed by atoms with Gasteiger partial charge in [0, 0.05) is 52.1 Å². The highest BCUT2D eigenvalue weighted by atomic mass is 127. The molecule has 2 saturated carbocycles. The van der Waals surface area contributed by atoms with E-state index in [9.17, 15) is 8.42 Å². The van der Waals surface area contributed by atoms with Crippen LogP contribution in [-0.4, -0.2) is 76.2 Å². The zero-order valence-corrected chi connectivity index (χ0v) is 21.2. The molecule has 3 unspecified atom stereocenters. The number of nitrogens with one attached hydrogen (secondary N) is 1. The standard InChI is InChI=1S/C22H34N4O2S.HI/c1-23-22(24-10-9-17-4-7-20(8-5-17)29(2,27)28)26-13-11-25(12-14-26)21-16-18-3-6-19(21)15-18;/h4-5,7-8,18-19,21H,3,6,9-16H2,1-2H3,(H,23,24);1H. The smallest absolute Gasteiger partial charge is 0.193 e. The fourth-order valence-electron chi connectivity index (χ4n) is 5.48. The Morgan fingerprint density at radius 1 is 1.10 bits per heavy atom. The molecule has 2 bridgehead atoms. The van der Waals surface area contributed by atoms with E-state index in [4.69, 9.17) is 0 Å². The largest absolute Gasteiger partial charge is 0.356 e. The Labute approximate surface area is 198 Å². The fourth-order valence-corrected chi connectivity index (χ4v) is 6.11. The van der Waals surface area contributed by atoms with Gasteiger partial charge in [0.2, 0.25) is 0 Å². The lowest BCUT2D eigenvalue weighted by Crippen LogP contribution is -2.55. The topological polar surface area (TPSA) is 65.0 Å². The predicted molar refractivity (Wildman–Crippen MR) is 132 cm³/mol. The zero-order valence-electron chi connectivity index (χ0n) is 18.1. The highest BCUT2D eigenvalue weighted by Crippen LogP contribution is 2.46. The van der Waals surface area contributed by atoms with Crippen LogP contribution in [0.15, 0.2) is 34.2 Å². The second-order valence-electron chi connectivity index (χ2n) is 8.91. The van der Waals surface area contributed by atoms with E-state index in [0.29, 0.717) is 4.90 Å². The molecular formula is C22H35IN4O2S.